The average Bonchev–Trinajstić information content (AvgIpc) is 2.78. The molecular formula is C24H27F3N4O2. The van der Waals surface area contributed by atoms with E-state index in [4.69, 9.17) is 0 Å². The van der Waals surface area contributed by atoms with Crippen LogP contribution in [0.1, 0.15) is 59.7 Å². The Kier molecular flexibility index (Phi) is 6.43. The summed E-state index contributed by atoms with van der Waals surface area (Å²) in [6.45, 7) is 7.08. The minimum Gasteiger partial charge on any atom is -0.343 e. The number of hydrogen-bond acceptors (Lipinski definition) is 4. The minimum absolute atomic E-state index is 0.0104. The van der Waals surface area contributed by atoms with Gasteiger partial charge in [-0.1, -0.05) is 13.0 Å². The lowest BCUT2D eigenvalue weighted by molar-refractivity contribution is -0.138. The second-order valence-electron chi connectivity index (χ2n) is 8.78. The van der Waals surface area contributed by atoms with Crippen molar-refractivity contribution in [1.29, 1.82) is 0 Å². The lowest BCUT2D eigenvalue weighted by Crippen LogP contribution is -2.49. The molecule has 0 aliphatic carbocycles. The number of aromatic nitrogens is 1. The first-order valence-corrected chi connectivity index (χ1v) is 11.1. The number of amides is 2. The second-order valence-corrected chi connectivity index (χ2v) is 8.78. The second kappa shape index (κ2) is 9.13. The van der Waals surface area contributed by atoms with E-state index < -0.39 is 17.6 Å². The number of alkyl halides is 3. The molecular weight excluding hydrogens is 433 g/mol. The Morgan fingerprint density at radius 1 is 1.24 bits per heavy atom. The fourth-order valence-electron chi connectivity index (χ4n) is 4.75. The molecule has 2 aliphatic heterocycles. The lowest BCUT2D eigenvalue weighted by Gasteiger charge is -2.42. The molecule has 1 aromatic carbocycles. The zero-order valence-electron chi connectivity index (χ0n) is 18.7. The largest absolute Gasteiger partial charge is 0.417 e. The normalized spacial score (nSPS) is 21.6. The summed E-state index contributed by atoms with van der Waals surface area (Å²) in [5, 5.41) is 2.52. The van der Waals surface area contributed by atoms with Gasteiger partial charge in [0, 0.05) is 50.4 Å². The number of likely N-dealkylation sites (tertiary alicyclic amines) is 1. The molecule has 2 unspecified atom stereocenters. The highest BCUT2D eigenvalue weighted by atomic mass is 19.4. The summed E-state index contributed by atoms with van der Waals surface area (Å²) in [5.74, 6) is -0.0667. The molecule has 0 spiro atoms. The maximum Gasteiger partial charge on any atom is 0.417 e. The van der Waals surface area contributed by atoms with Crippen LogP contribution < -0.4 is 5.32 Å². The fourth-order valence-corrected chi connectivity index (χ4v) is 4.75. The molecule has 9 heteroatoms. The van der Waals surface area contributed by atoms with Crippen molar-refractivity contribution in [3.05, 3.63) is 58.9 Å². The molecule has 1 aromatic heterocycles. The number of fused-ring (bicyclic) bond motifs is 1. The van der Waals surface area contributed by atoms with Gasteiger partial charge in [-0.3, -0.25) is 19.5 Å². The maximum absolute atomic E-state index is 12.9. The van der Waals surface area contributed by atoms with Gasteiger partial charge in [-0.05, 0) is 48.6 Å². The molecule has 2 aromatic rings. The summed E-state index contributed by atoms with van der Waals surface area (Å²) >= 11 is 0. The lowest BCUT2D eigenvalue weighted by atomic mass is 9.87. The third-order valence-corrected chi connectivity index (χ3v) is 6.53. The van der Waals surface area contributed by atoms with E-state index in [9.17, 15) is 22.8 Å². The SMILES string of the molecule is CCN1CCC(N2Cc3cc(C(=O)Nc4cncc(C(F)(F)F)c4)ccc3C(C)C2)CC1=O. The number of halogens is 3. The van der Waals surface area contributed by atoms with Crippen molar-refractivity contribution in [2.45, 2.75) is 51.4 Å². The molecule has 3 heterocycles. The highest BCUT2D eigenvalue weighted by molar-refractivity contribution is 6.04. The van der Waals surface area contributed by atoms with E-state index in [2.05, 4.69) is 22.1 Å². The zero-order valence-corrected chi connectivity index (χ0v) is 18.7. The van der Waals surface area contributed by atoms with Crippen LogP contribution in [0.25, 0.3) is 0 Å². The van der Waals surface area contributed by atoms with Crippen LogP contribution in [0, 0.1) is 0 Å². The smallest absolute Gasteiger partial charge is 0.343 e. The van der Waals surface area contributed by atoms with Crippen molar-refractivity contribution in [2.24, 2.45) is 0 Å². The molecule has 0 radical (unpaired) electrons. The Morgan fingerprint density at radius 3 is 2.73 bits per heavy atom. The van der Waals surface area contributed by atoms with Crippen molar-refractivity contribution in [1.82, 2.24) is 14.8 Å². The molecule has 1 saturated heterocycles. The number of benzene rings is 1. The number of carbonyl (C=O) groups is 2. The Bertz CT molecular complexity index is 1060. The predicted molar refractivity (Wildman–Crippen MR) is 118 cm³/mol. The molecule has 2 atom stereocenters. The Morgan fingerprint density at radius 2 is 2.03 bits per heavy atom. The molecule has 1 N–H and O–H groups in total. The summed E-state index contributed by atoms with van der Waals surface area (Å²) in [5.41, 5.74) is 1.61. The molecule has 2 aliphatic rings. The number of carbonyl (C=O) groups excluding carboxylic acids is 2. The topological polar surface area (TPSA) is 65.5 Å². The van der Waals surface area contributed by atoms with Crippen LogP contribution in [0.5, 0.6) is 0 Å². The van der Waals surface area contributed by atoms with E-state index in [-0.39, 0.29) is 23.6 Å². The van der Waals surface area contributed by atoms with Gasteiger partial charge in [-0.2, -0.15) is 13.2 Å². The van der Waals surface area contributed by atoms with Crippen LogP contribution in [0.2, 0.25) is 0 Å². The van der Waals surface area contributed by atoms with Crippen molar-refractivity contribution < 1.29 is 22.8 Å². The van der Waals surface area contributed by atoms with Crippen molar-refractivity contribution in [3.63, 3.8) is 0 Å². The zero-order chi connectivity index (χ0) is 23.8. The number of pyridine rings is 1. The van der Waals surface area contributed by atoms with Gasteiger partial charge in [0.2, 0.25) is 5.91 Å². The van der Waals surface area contributed by atoms with Crippen LogP contribution in [0.3, 0.4) is 0 Å². The van der Waals surface area contributed by atoms with Gasteiger partial charge < -0.3 is 10.2 Å². The maximum atomic E-state index is 12.9. The standard InChI is InChI=1S/C24H27F3N4O2/c1-3-30-7-6-20(10-22(30)32)31-13-15(2)21-5-4-16(8-17(21)14-31)23(33)29-19-9-18(11-28-12-19)24(25,26)27/h4-5,8-9,11-12,15,20H,3,6-7,10,13-14H2,1-2H3,(H,29,33). The van der Waals surface area contributed by atoms with Crippen LogP contribution in [0.15, 0.2) is 36.7 Å². The third kappa shape index (κ3) is 5.03. The molecule has 0 bridgehead atoms. The Hall–Kier alpha value is -2.94. The van der Waals surface area contributed by atoms with Crippen molar-refractivity contribution in [2.75, 3.05) is 25.0 Å². The quantitative estimate of drug-likeness (QED) is 0.740. The third-order valence-electron chi connectivity index (χ3n) is 6.53. The van der Waals surface area contributed by atoms with E-state index in [1.807, 2.05) is 17.9 Å². The van der Waals surface area contributed by atoms with E-state index in [0.29, 0.717) is 18.5 Å². The number of anilines is 1. The van der Waals surface area contributed by atoms with Crippen LogP contribution in [-0.4, -0.2) is 52.3 Å². The van der Waals surface area contributed by atoms with Gasteiger partial charge in [-0.25, -0.2) is 0 Å². The molecule has 176 valence electrons. The van der Waals surface area contributed by atoms with Crippen molar-refractivity contribution in [3.8, 4) is 0 Å². The van der Waals surface area contributed by atoms with Gasteiger partial charge in [0.05, 0.1) is 17.4 Å². The van der Waals surface area contributed by atoms with E-state index in [1.54, 1.807) is 12.1 Å². The molecule has 6 nitrogen and oxygen atoms in total. The Labute approximate surface area is 190 Å². The minimum atomic E-state index is -4.53. The van der Waals surface area contributed by atoms with Crippen LogP contribution >= 0.6 is 0 Å². The van der Waals surface area contributed by atoms with Gasteiger partial charge in [0.1, 0.15) is 0 Å². The molecule has 0 saturated carbocycles. The van der Waals surface area contributed by atoms with Gasteiger partial charge in [-0.15, -0.1) is 0 Å². The number of hydrogen-bond donors (Lipinski definition) is 1. The van der Waals surface area contributed by atoms with Crippen LogP contribution in [0.4, 0.5) is 18.9 Å². The summed E-state index contributed by atoms with van der Waals surface area (Å²) in [7, 11) is 0. The summed E-state index contributed by atoms with van der Waals surface area (Å²) in [6.07, 6.45) is -1.20. The summed E-state index contributed by atoms with van der Waals surface area (Å²) in [6, 6.07) is 6.46. The van der Waals surface area contributed by atoms with E-state index in [0.717, 1.165) is 49.4 Å². The number of piperidine rings is 1. The van der Waals surface area contributed by atoms with Gasteiger partial charge in [0.15, 0.2) is 0 Å². The molecule has 33 heavy (non-hydrogen) atoms. The van der Waals surface area contributed by atoms with E-state index >= 15 is 0 Å². The number of rotatable bonds is 4. The molecule has 2 amide bonds. The molecule has 4 rings (SSSR count). The first-order chi connectivity index (χ1) is 15.7. The highest BCUT2D eigenvalue weighted by Gasteiger charge is 2.33. The highest BCUT2D eigenvalue weighted by Crippen LogP contribution is 2.33. The van der Waals surface area contributed by atoms with E-state index in [1.165, 1.54) is 6.20 Å². The first-order valence-electron chi connectivity index (χ1n) is 11.1. The van der Waals surface area contributed by atoms with Gasteiger partial charge in [0.25, 0.3) is 5.91 Å². The van der Waals surface area contributed by atoms with Crippen molar-refractivity contribution >= 4 is 17.5 Å². The monoisotopic (exact) mass is 460 g/mol. The fraction of sp³-hybridized carbons (Fsp3) is 0.458. The number of nitrogens with one attached hydrogen (secondary N) is 1. The van der Waals surface area contributed by atoms with Gasteiger partial charge >= 0.3 is 6.18 Å². The Balaban J connectivity index is 1.49. The predicted octanol–water partition coefficient (Wildman–Crippen LogP) is 4.28. The van der Waals surface area contributed by atoms with Crippen LogP contribution in [-0.2, 0) is 17.5 Å². The molecule has 1 fully saturated rings. The summed E-state index contributed by atoms with van der Waals surface area (Å²) in [4.78, 5) is 32.9. The summed E-state index contributed by atoms with van der Waals surface area (Å²) < 4.78 is 38.8. The average molecular weight is 461 g/mol. The first kappa shape index (κ1) is 23.2. The number of nitrogens with zero attached hydrogens (tertiary/aromatic N) is 3.